The zero-order valence-electron chi connectivity index (χ0n) is 15.4. The summed E-state index contributed by atoms with van der Waals surface area (Å²) >= 11 is 0. The molecule has 0 aromatic heterocycles. The minimum Gasteiger partial charge on any atom is -0.494 e. The summed E-state index contributed by atoms with van der Waals surface area (Å²) in [5.41, 5.74) is 0.520. The number of carbonyl (C=O) groups excluding carboxylic acids is 1. The van der Waals surface area contributed by atoms with Crippen LogP contribution in [-0.2, 0) is 9.84 Å². The zero-order valence-corrected chi connectivity index (χ0v) is 16.2. The monoisotopic (exact) mass is 396 g/mol. The number of ether oxygens (including phenoxy) is 2. The Kier molecular flexibility index (Phi) is 6.11. The first kappa shape index (κ1) is 19.6. The van der Waals surface area contributed by atoms with Gasteiger partial charge in [-0.2, -0.15) is 0 Å². The molecule has 28 heavy (non-hydrogen) atoms. The third-order valence-electron chi connectivity index (χ3n) is 4.04. The Bertz CT molecular complexity index is 1020. The van der Waals surface area contributed by atoms with Crippen molar-refractivity contribution in [3.63, 3.8) is 0 Å². The number of benzene rings is 3. The Hall–Kier alpha value is -3.12. The number of ketones is 1. The van der Waals surface area contributed by atoms with Crippen molar-refractivity contribution in [3.05, 3.63) is 84.4 Å². The molecule has 0 fully saturated rings. The van der Waals surface area contributed by atoms with Crippen LogP contribution in [0.15, 0.2) is 88.7 Å². The number of hydrogen-bond acceptors (Lipinski definition) is 5. The van der Waals surface area contributed by atoms with E-state index in [1.54, 1.807) is 66.7 Å². The van der Waals surface area contributed by atoms with Gasteiger partial charge in [0.05, 0.1) is 16.4 Å². The van der Waals surface area contributed by atoms with Crippen molar-refractivity contribution >= 4 is 15.6 Å². The van der Waals surface area contributed by atoms with E-state index in [1.807, 2.05) is 6.92 Å². The van der Waals surface area contributed by atoms with Crippen molar-refractivity contribution in [2.24, 2.45) is 0 Å². The summed E-state index contributed by atoms with van der Waals surface area (Å²) in [6, 6.07) is 21.1. The van der Waals surface area contributed by atoms with Crippen molar-refractivity contribution < 1.29 is 22.7 Å². The minimum atomic E-state index is -3.57. The van der Waals surface area contributed by atoms with Crippen LogP contribution in [0.25, 0.3) is 0 Å². The molecule has 3 aromatic carbocycles. The lowest BCUT2D eigenvalue weighted by molar-refractivity contribution is 0.0921. The first-order valence-electron chi connectivity index (χ1n) is 8.80. The van der Waals surface area contributed by atoms with Gasteiger partial charge in [0.1, 0.15) is 11.5 Å². The van der Waals surface area contributed by atoms with Crippen molar-refractivity contribution in [2.75, 3.05) is 13.2 Å². The number of rotatable bonds is 8. The molecule has 0 aliphatic carbocycles. The summed E-state index contributed by atoms with van der Waals surface area (Å²) in [4.78, 5) is 12.6. The molecule has 0 unspecified atom stereocenters. The highest BCUT2D eigenvalue weighted by molar-refractivity contribution is 7.91. The van der Waals surface area contributed by atoms with Crippen LogP contribution in [0.4, 0.5) is 0 Å². The van der Waals surface area contributed by atoms with Gasteiger partial charge in [0.2, 0.25) is 9.84 Å². The molecule has 0 saturated heterocycles. The Balaban J connectivity index is 1.64. The highest BCUT2D eigenvalue weighted by Crippen LogP contribution is 2.23. The molecule has 5 nitrogen and oxygen atoms in total. The van der Waals surface area contributed by atoms with E-state index < -0.39 is 9.84 Å². The Morgan fingerprint density at radius 3 is 1.89 bits per heavy atom. The average molecular weight is 396 g/mol. The Labute approximate surface area is 164 Å². The van der Waals surface area contributed by atoms with Gasteiger partial charge >= 0.3 is 0 Å². The summed E-state index contributed by atoms with van der Waals surface area (Å²) in [6.07, 6.45) is 0. The molecule has 0 spiro atoms. The van der Waals surface area contributed by atoms with Crippen LogP contribution in [0, 0.1) is 0 Å². The maximum absolute atomic E-state index is 12.6. The fourth-order valence-electron chi connectivity index (χ4n) is 2.59. The fraction of sp³-hybridized carbons (Fsp3) is 0.136. The van der Waals surface area contributed by atoms with Crippen molar-refractivity contribution in [2.45, 2.75) is 16.7 Å². The number of Topliss-reactive ketones (excluding diaryl/α,β-unsaturated/α-hetero) is 1. The lowest BCUT2D eigenvalue weighted by atomic mass is 10.1. The molecule has 3 rings (SSSR count). The Morgan fingerprint density at radius 1 is 0.750 bits per heavy atom. The molecule has 144 valence electrons. The van der Waals surface area contributed by atoms with Crippen LogP contribution in [0.5, 0.6) is 11.5 Å². The molecule has 0 aliphatic rings. The van der Waals surface area contributed by atoms with Gasteiger partial charge in [-0.1, -0.05) is 18.2 Å². The second kappa shape index (κ2) is 8.71. The highest BCUT2D eigenvalue weighted by Gasteiger charge is 2.17. The van der Waals surface area contributed by atoms with E-state index >= 15 is 0 Å². The molecule has 0 amide bonds. The molecular weight excluding hydrogens is 376 g/mol. The van der Waals surface area contributed by atoms with E-state index in [2.05, 4.69) is 0 Å². The van der Waals surface area contributed by atoms with Crippen molar-refractivity contribution in [1.82, 2.24) is 0 Å². The molecule has 3 aromatic rings. The first-order chi connectivity index (χ1) is 13.5. The second-order valence-electron chi connectivity index (χ2n) is 5.96. The molecule has 0 saturated carbocycles. The second-order valence-corrected chi connectivity index (χ2v) is 7.91. The van der Waals surface area contributed by atoms with Crippen LogP contribution in [0.1, 0.15) is 17.3 Å². The molecule has 0 atom stereocenters. The molecular formula is C22H20O5S. The summed E-state index contributed by atoms with van der Waals surface area (Å²) in [7, 11) is -3.57. The maximum atomic E-state index is 12.6. The van der Waals surface area contributed by atoms with Gasteiger partial charge in [0.25, 0.3) is 0 Å². The summed E-state index contributed by atoms with van der Waals surface area (Å²) < 4.78 is 36.0. The third-order valence-corrected chi connectivity index (χ3v) is 5.83. The lowest BCUT2D eigenvalue weighted by Crippen LogP contribution is -2.11. The number of carbonyl (C=O) groups is 1. The van der Waals surface area contributed by atoms with E-state index in [-0.39, 0.29) is 22.2 Å². The predicted octanol–water partition coefficient (Wildman–Crippen LogP) is 4.18. The average Bonchev–Trinajstić information content (AvgIpc) is 2.74. The van der Waals surface area contributed by atoms with Crippen LogP contribution >= 0.6 is 0 Å². The largest absolute Gasteiger partial charge is 0.494 e. The van der Waals surface area contributed by atoms with E-state index in [0.29, 0.717) is 23.7 Å². The van der Waals surface area contributed by atoms with Gasteiger partial charge in [0.15, 0.2) is 12.4 Å². The standard InChI is InChI=1S/C22H20O5S/c1-2-26-18-10-8-17(9-11-18)22(23)16-27-19-12-14-21(15-13-19)28(24,25)20-6-4-3-5-7-20/h3-15H,2,16H2,1H3. The van der Waals surface area contributed by atoms with Crippen LogP contribution in [-0.4, -0.2) is 27.4 Å². The molecule has 0 aliphatic heterocycles. The first-order valence-corrected chi connectivity index (χ1v) is 10.3. The smallest absolute Gasteiger partial charge is 0.206 e. The van der Waals surface area contributed by atoms with Gasteiger partial charge in [-0.25, -0.2) is 8.42 Å². The van der Waals surface area contributed by atoms with Crippen molar-refractivity contribution in [3.8, 4) is 11.5 Å². The van der Waals surface area contributed by atoms with Gasteiger partial charge in [0, 0.05) is 5.56 Å². The summed E-state index contributed by atoms with van der Waals surface area (Å²) in [6.45, 7) is 2.31. The van der Waals surface area contributed by atoms with Crippen molar-refractivity contribution in [1.29, 1.82) is 0 Å². The SMILES string of the molecule is CCOc1ccc(C(=O)COc2ccc(S(=O)(=O)c3ccccc3)cc2)cc1. The highest BCUT2D eigenvalue weighted by atomic mass is 32.2. The third kappa shape index (κ3) is 4.58. The predicted molar refractivity (Wildman–Crippen MR) is 106 cm³/mol. The van der Waals surface area contributed by atoms with Gasteiger partial charge in [-0.3, -0.25) is 4.79 Å². The molecule has 6 heteroatoms. The molecule has 0 bridgehead atoms. The van der Waals surface area contributed by atoms with E-state index in [0.717, 1.165) is 0 Å². The quantitative estimate of drug-likeness (QED) is 0.534. The van der Waals surface area contributed by atoms with E-state index in [4.69, 9.17) is 9.47 Å². The summed E-state index contributed by atoms with van der Waals surface area (Å²) in [5, 5.41) is 0. The zero-order chi connectivity index (χ0) is 20.0. The van der Waals surface area contributed by atoms with Gasteiger partial charge in [-0.15, -0.1) is 0 Å². The minimum absolute atomic E-state index is 0.140. The van der Waals surface area contributed by atoms with Crippen LogP contribution in [0.3, 0.4) is 0 Å². The lowest BCUT2D eigenvalue weighted by Gasteiger charge is -2.08. The Morgan fingerprint density at radius 2 is 1.29 bits per heavy atom. The number of hydrogen-bond donors (Lipinski definition) is 0. The van der Waals surface area contributed by atoms with Gasteiger partial charge in [-0.05, 0) is 67.6 Å². The van der Waals surface area contributed by atoms with E-state index in [9.17, 15) is 13.2 Å². The number of sulfone groups is 1. The fourth-order valence-corrected chi connectivity index (χ4v) is 3.87. The summed E-state index contributed by atoms with van der Waals surface area (Å²) in [5.74, 6) is 0.950. The van der Waals surface area contributed by atoms with Crippen LogP contribution in [0.2, 0.25) is 0 Å². The molecule has 0 radical (unpaired) electrons. The topological polar surface area (TPSA) is 69.7 Å². The van der Waals surface area contributed by atoms with E-state index in [1.165, 1.54) is 12.1 Å². The molecule has 0 N–H and O–H groups in total. The normalized spacial score (nSPS) is 11.0. The molecule has 0 heterocycles. The van der Waals surface area contributed by atoms with Crippen LogP contribution < -0.4 is 9.47 Å². The maximum Gasteiger partial charge on any atom is 0.206 e. The van der Waals surface area contributed by atoms with Gasteiger partial charge < -0.3 is 9.47 Å².